The summed E-state index contributed by atoms with van der Waals surface area (Å²) in [7, 11) is 0. The van der Waals surface area contributed by atoms with E-state index in [9.17, 15) is 19.5 Å². The van der Waals surface area contributed by atoms with Gasteiger partial charge in [-0.1, -0.05) is 19.9 Å². The minimum Gasteiger partial charge on any atom is -0.384 e. The molecule has 17 heteroatoms. The highest BCUT2D eigenvalue weighted by atomic mass is 19.1. The number of aryl methyl sites for hydroxylation is 1. The summed E-state index contributed by atoms with van der Waals surface area (Å²) >= 11 is 0. The highest BCUT2D eigenvalue weighted by molar-refractivity contribution is 6.05. The monoisotopic (exact) mass is 899 g/mol. The molecule has 0 bridgehead atoms. The van der Waals surface area contributed by atoms with Crippen molar-refractivity contribution in [2.24, 2.45) is 0 Å². The summed E-state index contributed by atoms with van der Waals surface area (Å²) in [5, 5.41) is 17.2. The zero-order chi connectivity index (χ0) is 45.4. The molecule has 2 atom stereocenters. The molecule has 3 amide bonds. The topological polar surface area (TPSA) is 155 Å². The highest BCUT2D eigenvalue weighted by Gasteiger charge is 2.42. The van der Waals surface area contributed by atoms with Crippen molar-refractivity contribution in [3.8, 4) is 5.82 Å². The van der Waals surface area contributed by atoms with Gasteiger partial charge in [0.2, 0.25) is 17.8 Å². The summed E-state index contributed by atoms with van der Waals surface area (Å²) in [6.45, 7) is 11.4. The molecule has 4 fully saturated rings. The molecule has 1 aliphatic carbocycles. The second-order valence-electron chi connectivity index (χ2n) is 18.8. The van der Waals surface area contributed by atoms with Crippen LogP contribution in [0.5, 0.6) is 0 Å². The van der Waals surface area contributed by atoms with E-state index in [2.05, 4.69) is 42.5 Å². The molecular weight excluding hydrogens is 845 g/mol. The molecule has 344 valence electrons. The molecule has 3 aromatic heterocycles. The van der Waals surface area contributed by atoms with Crippen LogP contribution in [0.15, 0.2) is 54.7 Å². The zero-order valence-electron chi connectivity index (χ0n) is 37.4. The number of benzene rings is 2. The molecule has 11 rings (SSSR count). The summed E-state index contributed by atoms with van der Waals surface area (Å²) in [6, 6.07) is 15.4. The van der Waals surface area contributed by atoms with E-state index in [4.69, 9.17) is 9.97 Å². The number of likely N-dealkylation sites (tertiary alicyclic amines) is 1. The number of halogens is 2. The first-order valence-corrected chi connectivity index (χ1v) is 23.6. The Balaban J connectivity index is 0.667. The van der Waals surface area contributed by atoms with Crippen LogP contribution in [0.3, 0.4) is 0 Å². The van der Waals surface area contributed by atoms with Crippen molar-refractivity contribution in [2.75, 3.05) is 67.5 Å². The molecule has 5 aliphatic heterocycles. The minimum absolute atomic E-state index is 0.179. The van der Waals surface area contributed by atoms with E-state index < -0.39 is 23.4 Å². The number of carbonyl (C=O) groups is 3. The van der Waals surface area contributed by atoms with Crippen LogP contribution in [0.25, 0.3) is 16.9 Å². The third-order valence-electron chi connectivity index (χ3n) is 15.2. The van der Waals surface area contributed by atoms with Gasteiger partial charge in [0.1, 0.15) is 23.3 Å². The molecule has 2 aromatic carbocycles. The van der Waals surface area contributed by atoms with Crippen molar-refractivity contribution in [2.45, 2.75) is 95.5 Å². The first-order valence-electron chi connectivity index (χ1n) is 23.6. The van der Waals surface area contributed by atoms with Gasteiger partial charge in [-0.15, -0.1) is 0 Å². The van der Waals surface area contributed by atoms with Crippen LogP contribution in [0.1, 0.15) is 85.2 Å². The van der Waals surface area contributed by atoms with E-state index in [0.29, 0.717) is 82.3 Å². The number of piperazine rings is 1. The lowest BCUT2D eigenvalue weighted by atomic mass is 9.97. The molecule has 3 N–H and O–H groups in total. The van der Waals surface area contributed by atoms with Gasteiger partial charge in [0.05, 0.1) is 22.5 Å². The van der Waals surface area contributed by atoms with Crippen molar-refractivity contribution < 1.29 is 28.3 Å². The van der Waals surface area contributed by atoms with Crippen LogP contribution in [-0.4, -0.2) is 128 Å². The molecular formula is C49H55F2N11O4. The van der Waals surface area contributed by atoms with Crippen molar-refractivity contribution in [3.63, 3.8) is 0 Å². The van der Waals surface area contributed by atoms with Crippen molar-refractivity contribution in [1.29, 1.82) is 0 Å². The van der Waals surface area contributed by atoms with Gasteiger partial charge in [0.25, 0.3) is 5.91 Å². The Bertz CT molecular complexity index is 2740. The Morgan fingerprint density at radius 1 is 0.848 bits per heavy atom. The van der Waals surface area contributed by atoms with Crippen molar-refractivity contribution in [3.05, 3.63) is 94.4 Å². The number of nitrogens with zero attached hydrogens (tertiary/aromatic N) is 9. The first-order chi connectivity index (χ1) is 32.0. The maximum Gasteiger partial charge on any atom is 0.255 e. The lowest BCUT2D eigenvalue weighted by molar-refractivity contribution is -0.136. The van der Waals surface area contributed by atoms with Gasteiger partial charge in [0.15, 0.2) is 11.5 Å². The number of pyridine rings is 1. The summed E-state index contributed by atoms with van der Waals surface area (Å²) in [5.74, 6) is -1.07. The zero-order valence-corrected chi connectivity index (χ0v) is 37.4. The van der Waals surface area contributed by atoms with E-state index in [0.717, 1.165) is 88.6 Å². The molecule has 5 aromatic rings. The van der Waals surface area contributed by atoms with Crippen LogP contribution in [0, 0.1) is 11.6 Å². The Hall–Kier alpha value is -6.04. The molecule has 1 unspecified atom stereocenters. The summed E-state index contributed by atoms with van der Waals surface area (Å²) < 4.78 is 33.0. The number of hydrogen-bond acceptors (Lipinski definition) is 12. The van der Waals surface area contributed by atoms with Crippen LogP contribution in [-0.2, 0) is 34.6 Å². The van der Waals surface area contributed by atoms with Crippen LogP contribution < -0.4 is 20.4 Å². The van der Waals surface area contributed by atoms with E-state index in [1.807, 2.05) is 43.0 Å². The van der Waals surface area contributed by atoms with Crippen molar-refractivity contribution >= 4 is 51.8 Å². The average molecular weight is 900 g/mol. The largest absolute Gasteiger partial charge is 0.384 e. The Labute approximate surface area is 381 Å². The van der Waals surface area contributed by atoms with E-state index in [-0.39, 0.29) is 37.0 Å². The summed E-state index contributed by atoms with van der Waals surface area (Å²) in [5.41, 5.74) is 5.08. The van der Waals surface area contributed by atoms with Gasteiger partial charge < -0.3 is 25.1 Å². The van der Waals surface area contributed by atoms with Gasteiger partial charge >= 0.3 is 0 Å². The predicted octanol–water partition coefficient (Wildman–Crippen LogP) is 5.18. The van der Waals surface area contributed by atoms with Crippen molar-refractivity contribution in [1.82, 2.24) is 39.5 Å². The van der Waals surface area contributed by atoms with Gasteiger partial charge in [-0.05, 0) is 98.5 Å². The fraction of sp³-hybridized carbons (Fsp3) is 0.469. The van der Waals surface area contributed by atoms with Gasteiger partial charge in [-0.3, -0.25) is 34.1 Å². The molecule has 15 nitrogen and oxygen atoms in total. The minimum atomic E-state index is -0.987. The van der Waals surface area contributed by atoms with Gasteiger partial charge in [0, 0.05) is 101 Å². The Morgan fingerprint density at radius 3 is 2.33 bits per heavy atom. The quantitative estimate of drug-likeness (QED) is 0.158. The number of fused-ring (bicyclic) bond motifs is 3. The SMILES string of the molecule is CCc1c(F)c2cnc(Nc3ccc(N4CCN(C5CCN(C6CN(c7cc8c(cc7F)C(=O)N(C7CCC(=O)NC7=O)C8)C6)CC5)CC4)cc3)nc2n1-c1ccc2c(n1)[C@@](O)(CC)CC2. The second-order valence-corrected chi connectivity index (χ2v) is 18.8. The van der Waals surface area contributed by atoms with Gasteiger partial charge in [-0.2, -0.15) is 4.98 Å². The predicted molar refractivity (Wildman–Crippen MR) is 245 cm³/mol. The average Bonchev–Trinajstić information content (AvgIpc) is 3.93. The van der Waals surface area contributed by atoms with Crippen LogP contribution in [0.2, 0.25) is 0 Å². The molecule has 0 saturated carbocycles. The molecule has 0 radical (unpaired) electrons. The Kier molecular flexibility index (Phi) is 10.8. The number of rotatable bonds is 10. The fourth-order valence-corrected chi connectivity index (χ4v) is 11.3. The lowest BCUT2D eigenvalue weighted by Crippen LogP contribution is -2.62. The number of aliphatic hydroxyl groups is 1. The smallest absolute Gasteiger partial charge is 0.255 e. The van der Waals surface area contributed by atoms with Crippen LogP contribution in [0.4, 0.5) is 31.8 Å². The number of nitrogens with one attached hydrogen (secondary N) is 2. The van der Waals surface area contributed by atoms with E-state index in [1.165, 1.54) is 17.2 Å². The lowest BCUT2D eigenvalue weighted by Gasteiger charge is -2.50. The summed E-state index contributed by atoms with van der Waals surface area (Å²) in [4.78, 5) is 62.5. The van der Waals surface area contributed by atoms with E-state index >= 15 is 8.78 Å². The molecule has 4 saturated heterocycles. The summed E-state index contributed by atoms with van der Waals surface area (Å²) in [6.07, 6.45) is 6.55. The number of hydrogen-bond donors (Lipinski definition) is 3. The number of carbonyl (C=O) groups excluding carboxylic acids is 3. The number of amides is 3. The number of anilines is 4. The number of piperidine rings is 2. The fourth-order valence-electron chi connectivity index (χ4n) is 11.3. The molecule has 0 spiro atoms. The maximum absolute atomic E-state index is 15.8. The molecule has 66 heavy (non-hydrogen) atoms. The van der Waals surface area contributed by atoms with E-state index in [1.54, 1.807) is 10.6 Å². The molecule has 6 aliphatic rings. The third-order valence-corrected chi connectivity index (χ3v) is 15.2. The number of imide groups is 1. The normalized spacial score (nSPS) is 23.1. The first kappa shape index (κ1) is 42.6. The standard InChI is InChI=1S/C49H55F2N11O4/c1-3-38-43(51)36-25-52-48(56-45(36)62(38)41-11-5-29-13-16-49(66,4-2)44(29)54-41)53-31-6-8-32(9-7-31)58-19-21-59(22-20-58)33-14-17-57(18-15-33)34-27-60(28-34)40-23-30-26-61(47(65)35(30)24-37(40)50)39-10-12-42(63)55-46(39)64/h5-9,11,23-25,33-34,39,66H,3-4,10,12-22,26-28H2,1-2H3,(H,52,53,56)(H,55,63,64)/t39?,49-/m1/s1. The number of aromatic nitrogens is 4. The second kappa shape index (κ2) is 16.7. The maximum atomic E-state index is 15.8. The molecule has 8 heterocycles. The Morgan fingerprint density at radius 2 is 1.61 bits per heavy atom. The third kappa shape index (κ3) is 7.35. The highest BCUT2D eigenvalue weighted by Crippen LogP contribution is 2.40. The van der Waals surface area contributed by atoms with Crippen LogP contribution >= 0.6 is 0 Å². The van der Waals surface area contributed by atoms with Gasteiger partial charge in [-0.25, -0.2) is 18.7 Å².